The number of carbonyl (C=O) groups is 2. The summed E-state index contributed by atoms with van der Waals surface area (Å²) in [5.74, 6) is -1.13. The molecule has 1 aromatic rings. The molecule has 1 amide bonds. The first kappa shape index (κ1) is 13.9. The summed E-state index contributed by atoms with van der Waals surface area (Å²) in [5.41, 5.74) is 0.831. The summed E-state index contributed by atoms with van der Waals surface area (Å²) in [6, 6.07) is 7.23. The number of aliphatic hydroxyl groups excluding tert-OH is 1. The van der Waals surface area contributed by atoms with Gasteiger partial charge in [0.25, 0.3) is 5.91 Å². The van der Waals surface area contributed by atoms with Gasteiger partial charge in [0.2, 0.25) is 0 Å². The Morgan fingerprint density at radius 3 is 2.80 bits per heavy atom. The highest BCUT2D eigenvalue weighted by Gasteiger charge is 2.34. The fraction of sp³-hybridized carbons (Fsp3) is 0.286. The lowest BCUT2D eigenvalue weighted by Crippen LogP contribution is -2.27. The molecule has 0 bridgehead atoms. The molecule has 6 nitrogen and oxygen atoms in total. The van der Waals surface area contributed by atoms with E-state index in [4.69, 9.17) is 4.74 Å². The van der Waals surface area contributed by atoms with Crippen molar-refractivity contribution in [3.63, 3.8) is 0 Å². The third kappa shape index (κ3) is 2.59. The SMILES string of the molecule is COC(=O)C1=C(O)C(=O)N(Cc2cccc(OC)c2)C1. The van der Waals surface area contributed by atoms with Crippen molar-refractivity contribution in [2.75, 3.05) is 20.8 Å². The van der Waals surface area contributed by atoms with E-state index in [2.05, 4.69) is 4.74 Å². The molecule has 2 rings (SSSR count). The molecule has 0 saturated carbocycles. The zero-order valence-corrected chi connectivity index (χ0v) is 11.3. The van der Waals surface area contributed by atoms with Crippen LogP contribution in [0.5, 0.6) is 5.75 Å². The maximum absolute atomic E-state index is 11.9. The first-order chi connectivity index (χ1) is 9.56. The maximum Gasteiger partial charge on any atom is 0.339 e. The monoisotopic (exact) mass is 277 g/mol. The summed E-state index contributed by atoms with van der Waals surface area (Å²) < 4.78 is 9.64. The molecule has 0 radical (unpaired) electrons. The number of esters is 1. The normalized spacial score (nSPS) is 14.7. The smallest absolute Gasteiger partial charge is 0.339 e. The minimum atomic E-state index is -0.691. The Morgan fingerprint density at radius 2 is 2.15 bits per heavy atom. The second-order valence-electron chi connectivity index (χ2n) is 4.33. The number of ether oxygens (including phenoxy) is 2. The molecule has 1 aromatic carbocycles. The Morgan fingerprint density at radius 1 is 1.40 bits per heavy atom. The molecule has 1 heterocycles. The Hall–Kier alpha value is -2.50. The quantitative estimate of drug-likeness (QED) is 0.832. The summed E-state index contributed by atoms with van der Waals surface area (Å²) in [7, 11) is 2.76. The van der Waals surface area contributed by atoms with Crippen LogP contribution >= 0.6 is 0 Å². The fourth-order valence-corrected chi connectivity index (χ4v) is 2.02. The Kier molecular flexibility index (Phi) is 3.93. The first-order valence-electron chi connectivity index (χ1n) is 5.99. The van der Waals surface area contributed by atoms with Gasteiger partial charge in [-0.3, -0.25) is 4.79 Å². The standard InChI is InChI=1S/C14H15NO5/c1-19-10-5-3-4-9(6-10)7-15-8-11(14(18)20-2)12(16)13(15)17/h3-6,16H,7-8H2,1-2H3. The zero-order chi connectivity index (χ0) is 14.7. The molecule has 1 aliphatic heterocycles. The molecule has 1 N–H and O–H groups in total. The van der Waals surface area contributed by atoms with E-state index >= 15 is 0 Å². The van der Waals surface area contributed by atoms with Gasteiger partial charge in [0.15, 0.2) is 5.76 Å². The number of hydrogen-bond acceptors (Lipinski definition) is 5. The van der Waals surface area contributed by atoms with Gasteiger partial charge in [0.05, 0.1) is 20.8 Å². The summed E-state index contributed by atoms with van der Waals surface area (Å²) >= 11 is 0. The van der Waals surface area contributed by atoms with Crippen LogP contribution in [0.15, 0.2) is 35.6 Å². The number of methoxy groups -OCH3 is 2. The van der Waals surface area contributed by atoms with Crippen molar-refractivity contribution in [1.29, 1.82) is 0 Å². The molecule has 0 spiro atoms. The Balaban J connectivity index is 2.13. The van der Waals surface area contributed by atoms with E-state index in [1.165, 1.54) is 12.0 Å². The molecule has 1 aliphatic rings. The van der Waals surface area contributed by atoms with Crippen molar-refractivity contribution < 1.29 is 24.2 Å². The van der Waals surface area contributed by atoms with Crippen molar-refractivity contribution in [3.05, 3.63) is 41.2 Å². The van der Waals surface area contributed by atoms with Crippen molar-refractivity contribution in [1.82, 2.24) is 4.90 Å². The van der Waals surface area contributed by atoms with E-state index in [9.17, 15) is 14.7 Å². The van der Waals surface area contributed by atoms with Crippen molar-refractivity contribution >= 4 is 11.9 Å². The lowest BCUT2D eigenvalue weighted by Gasteiger charge is -2.16. The van der Waals surface area contributed by atoms with Crippen LogP contribution < -0.4 is 4.74 Å². The van der Waals surface area contributed by atoms with Gasteiger partial charge in [-0.1, -0.05) is 12.1 Å². The molecule has 0 aromatic heterocycles. The van der Waals surface area contributed by atoms with E-state index in [0.29, 0.717) is 5.75 Å². The van der Waals surface area contributed by atoms with Crippen LogP contribution in [-0.2, 0) is 20.9 Å². The molecular formula is C14H15NO5. The van der Waals surface area contributed by atoms with Crippen molar-refractivity contribution in [2.24, 2.45) is 0 Å². The van der Waals surface area contributed by atoms with Crippen molar-refractivity contribution in [2.45, 2.75) is 6.54 Å². The van der Waals surface area contributed by atoms with Gasteiger partial charge in [-0.15, -0.1) is 0 Å². The third-order valence-electron chi connectivity index (χ3n) is 3.06. The molecular weight excluding hydrogens is 262 g/mol. The molecule has 6 heteroatoms. The summed E-state index contributed by atoms with van der Waals surface area (Å²) in [6.07, 6.45) is 0. The predicted octanol–water partition coefficient (Wildman–Crippen LogP) is 1.02. The highest BCUT2D eigenvalue weighted by atomic mass is 16.5. The van der Waals surface area contributed by atoms with Crippen LogP contribution in [0.25, 0.3) is 0 Å². The van der Waals surface area contributed by atoms with Gasteiger partial charge in [-0.2, -0.15) is 0 Å². The highest BCUT2D eigenvalue weighted by Crippen LogP contribution is 2.22. The third-order valence-corrected chi connectivity index (χ3v) is 3.06. The molecule has 0 aliphatic carbocycles. The van der Waals surface area contributed by atoms with Gasteiger partial charge >= 0.3 is 5.97 Å². The summed E-state index contributed by atoms with van der Waals surface area (Å²) in [6.45, 7) is 0.315. The van der Waals surface area contributed by atoms with E-state index in [1.807, 2.05) is 12.1 Å². The number of carbonyl (C=O) groups excluding carboxylic acids is 2. The van der Waals surface area contributed by atoms with E-state index in [1.54, 1.807) is 19.2 Å². The number of nitrogens with zero attached hydrogens (tertiary/aromatic N) is 1. The molecule has 106 valence electrons. The van der Waals surface area contributed by atoms with Gasteiger partial charge in [-0.25, -0.2) is 4.79 Å². The number of amides is 1. The predicted molar refractivity (Wildman–Crippen MR) is 70.1 cm³/mol. The lowest BCUT2D eigenvalue weighted by molar-refractivity contribution is -0.136. The van der Waals surface area contributed by atoms with Gasteiger partial charge in [-0.05, 0) is 17.7 Å². The molecule has 0 saturated heterocycles. The average molecular weight is 277 g/mol. The largest absolute Gasteiger partial charge is 0.503 e. The number of rotatable bonds is 4. The number of aliphatic hydroxyl groups is 1. The average Bonchev–Trinajstić information content (AvgIpc) is 2.75. The number of benzene rings is 1. The maximum atomic E-state index is 11.9. The summed E-state index contributed by atoms with van der Waals surface area (Å²) in [5, 5.41) is 9.67. The van der Waals surface area contributed by atoms with Crippen LogP contribution in [-0.4, -0.2) is 42.6 Å². The van der Waals surface area contributed by atoms with Gasteiger partial charge < -0.3 is 19.5 Å². The Bertz CT molecular complexity index is 579. The number of hydrogen-bond donors (Lipinski definition) is 1. The fourth-order valence-electron chi connectivity index (χ4n) is 2.02. The summed E-state index contributed by atoms with van der Waals surface area (Å²) in [4.78, 5) is 24.7. The van der Waals surface area contributed by atoms with Crippen LogP contribution in [0, 0.1) is 0 Å². The lowest BCUT2D eigenvalue weighted by atomic mass is 10.2. The van der Waals surface area contributed by atoms with E-state index < -0.39 is 17.6 Å². The van der Waals surface area contributed by atoms with Crippen LogP contribution in [0.4, 0.5) is 0 Å². The minimum Gasteiger partial charge on any atom is -0.503 e. The zero-order valence-electron chi connectivity index (χ0n) is 11.3. The highest BCUT2D eigenvalue weighted by molar-refractivity contribution is 6.04. The molecule has 0 fully saturated rings. The van der Waals surface area contributed by atoms with Gasteiger partial charge in [0.1, 0.15) is 11.3 Å². The van der Waals surface area contributed by atoms with E-state index in [0.717, 1.165) is 5.56 Å². The van der Waals surface area contributed by atoms with E-state index in [-0.39, 0.29) is 18.7 Å². The second-order valence-corrected chi connectivity index (χ2v) is 4.33. The first-order valence-corrected chi connectivity index (χ1v) is 5.99. The van der Waals surface area contributed by atoms with Crippen molar-refractivity contribution in [3.8, 4) is 5.75 Å². The molecule has 20 heavy (non-hydrogen) atoms. The van der Waals surface area contributed by atoms with Crippen LogP contribution in [0.3, 0.4) is 0 Å². The second kappa shape index (κ2) is 5.64. The Labute approximate surface area is 116 Å². The topological polar surface area (TPSA) is 76.1 Å². The van der Waals surface area contributed by atoms with Crippen LogP contribution in [0.2, 0.25) is 0 Å². The van der Waals surface area contributed by atoms with Crippen LogP contribution in [0.1, 0.15) is 5.56 Å². The molecule has 0 atom stereocenters. The van der Waals surface area contributed by atoms with Gasteiger partial charge in [0, 0.05) is 6.54 Å². The minimum absolute atomic E-state index is 0.0135. The molecule has 0 unspecified atom stereocenters.